The van der Waals surface area contributed by atoms with Gasteiger partial charge >= 0.3 is 5.97 Å². The molecule has 2 unspecified atom stereocenters. The largest absolute Gasteiger partial charge is 0.466 e. The highest BCUT2D eigenvalue weighted by atomic mass is 16.5. The van der Waals surface area contributed by atoms with E-state index in [4.69, 9.17) is 4.74 Å². The SMILES string of the molecule is CCCCCCCCCCCCCCCCCCCCCCCCCC(O)C(CO)NC(=O)CCCCCCCCCCCCCCCCOC(=O)CCCCCCCCCCCCCCCCCCC. The second-order valence-corrected chi connectivity index (χ2v) is 22.8. The number of rotatable bonds is 62. The van der Waals surface area contributed by atoms with Crippen LogP contribution in [0.5, 0.6) is 0 Å². The molecule has 0 fully saturated rings. The van der Waals surface area contributed by atoms with Gasteiger partial charge in [-0.2, -0.15) is 0 Å². The summed E-state index contributed by atoms with van der Waals surface area (Å²) >= 11 is 0. The summed E-state index contributed by atoms with van der Waals surface area (Å²) in [6.45, 7) is 4.98. The lowest BCUT2D eigenvalue weighted by Crippen LogP contribution is -2.45. The standard InChI is InChI=1S/C65H129NO5/c1-3-5-7-9-11-13-15-17-19-21-22-23-24-25-26-28-29-33-37-41-45-49-53-57-63(68)62(61-67)66-64(69)58-54-50-46-42-38-34-31-32-36-40-44-48-52-56-60-71-65(70)59-55-51-47-43-39-35-30-27-20-18-16-14-12-10-8-6-4-2/h62-63,67-68H,3-61H2,1-2H3,(H,66,69). The summed E-state index contributed by atoms with van der Waals surface area (Å²) in [5.74, 6) is -0.0363. The van der Waals surface area contributed by atoms with Crippen molar-refractivity contribution < 1.29 is 24.5 Å². The molecule has 71 heavy (non-hydrogen) atoms. The second kappa shape index (κ2) is 61.4. The Morgan fingerprint density at radius 3 is 0.859 bits per heavy atom. The van der Waals surface area contributed by atoms with E-state index in [0.717, 1.165) is 51.4 Å². The minimum absolute atomic E-state index is 0.00359. The fourth-order valence-electron chi connectivity index (χ4n) is 10.6. The van der Waals surface area contributed by atoms with Crippen molar-refractivity contribution in [3.05, 3.63) is 0 Å². The van der Waals surface area contributed by atoms with E-state index in [-0.39, 0.29) is 18.5 Å². The minimum atomic E-state index is -0.671. The minimum Gasteiger partial charge on any atom is -0.466 e. The third-order valence-corrected chi connectivity index (χ3v) is 15.7. The molecule has 0 saturated carbocycles. The molecule has 6 heteroatoms. The van der Waals surface area contributed by atoms with Crippen LogP contribution in [0.3, 0.4) is 0 Å². The first kappa shape index (κ1) is 69.9. The van der Waals surface area contributed by atoms with Crippen LogP contribution in [0.1, 0.15) is 380 Å². The van der Waals surface area contributed by atoms with Crippen LogP contribution in [0.25, 0.3) is 0 Å². The van der Waals surface area contributed by atoms with Gasteiger partial charge in [-0.1, -0.05) is 341 Å². The van der Waals surface area contributed by atoms with E-state index in [1.165, 1.54) is 295 Å². The molecule has 0 spiro atoms. The molecule has 0 saturated heterocycles. The number of unbranched alkanes of at least 4 members (excludes halogenated alkanes) is 51. The summed E-state index contributed by atoms with van der Waals surface area (Å²) in [5.41, 5.74) is 0. The fourth-order valence-corrected chi connectivity index (χ4v) is 10.6. The molecule has 0 aromatic carbocycles. The van der Waals surface area contributed by atoms with E-state index >= 15 is 0 Å². The van der Waals surface area contributed by atoms with Gasteiger partial charge in [-0.15, -0.1) is 0 Å². The van der Waals surface area contributed by atoms with Crippen LogP contribution in [0, 0.1) is 0 Å². The van der Waals surface area contributed by atoms with Gasteiger partial charge < -0.3 is 20.3 Å². The van der Waals surface area contributed by atoms with Gasteiger partial charge in [0.1, 0.15) is 0 Å². The van der Waals surface area contributed by atoms with Crippen molar-refractivity contribution in [2.24, 2.45) is 0 Å². The van der Waals surface area contributed by atoms with Crippen molar-refractivity contribution in [2.45, 2.75) is 392 Å². The summed E-state index contributed by atoms with van der Waals surface area (Å²) in [5, 5.41) is 23.4. The third kappa shape index (κ3) is 58.0. The monoisotopic (exact) mass is 1000 g/mol. The molecular weight excluding hydrogens is 875 g/mol. The van der Waals surface area contributed by atoms with Gasteiger partial charge in [0.05, 0.1) is 25.4 Å². The Bertz CT molecular complexity index is 1020. The average molecular weight is 1000 g/mol. The van der Waals surface area contributed by atoms with Crippen molar-refractivity contribution in [2.75, 3.05) is 13.2 Å². The number of aliphatic hydroxyl groups is 2. The highest BCUT2D eigenvalue weighted by Gasteiger charge is 2.20. The van der Waals surface area contributed by atoms with E-state index in [9.17, 15) is 19.8 Å². The number of aliphatic hydroxyl groups excluding tert-OH is 2. The number of ether oxygens (including phenoxy) is 1. The Kier molecular flexibility index (Phi) is 60.4. The molecule has 0 aliphatic carbocycles. The van der Waals surface area contributed by atoms with Crippen LogP contribution in [0.4, 0.5) is 0 Å². The maximum absolute atomic E-state index is 12.5. The van der Waals surface area contributed by atoms with Crippen LogP contribution < -0.4 is 5.32 Å². The number of amides is 1. The number of esters is 1. The van der Waals surface area contributed by atoms with Crippen molar-refractivity contribution in [1.82, 2.24) is 5.32 Å². The Balaban J connectivity index is 3.40. The summed E-state index contributed by atoms with van der Waals surface area (Å²) < 4.78 is 5.49. The Morgan fingerprint density at radius 1 is 0.338 bits per heavy atom. The van der Waals surface area contributed by atoms with Crippen molar-refractivity contribution in [1.29, 1.82) is 0 Å². The summed E-state index contributed by atoms with van der Waals surface area (Å²) in [4.78, 5) is 24.6. The number of hydrogen-bond acceptors (Lipinski definition) is 5. The predicted molar refractivity (Wildman–Crippen MR) is 310 cm³/mol. The van der Waals surface area contributed by atoms with Crippen molar-refractivity contribution in [3.8, 4) is 0 Å². The quantitative estimate of drug-likeness (QED) is 0.0417. The van der Waals surface area contributed by atoms with Gasteiger partial charge in [0, 0.05) is 12.8 Å². The maximum Gasteiger partial charge on any atom is 0.305 e. The first-order chi connectivity index (χ1) is 35.0. The first-order valence-corrected chi connectivity index (χ1v) is 32.8. The summed E-state index contributed by atoms with van der Waals surface area (Å²) in [6.07, 6.45) is 72.6. The zero-order valence-electron chi connectivity index (χ0n) is 48.5. The van der Waals surface area contributed by atoms with Gasteiger partial charge in [-0.25, -0.2) is 0 Å². The van der Waals surface area contributed by atoms with Gasteiger partial charge in [0.15, 0.2) is 0 Å². The van der Waals surface area contributed by atoms with Crippen LogP contribution >= 0.6 is 0 Å². The second-order valence-electron chi connectivity index (χ2n) is 22.8. The molecule has 6 nitrogen and oxygen atoms in total. The number of carbonyl (C=O) groups excluding carboxylic acids is 2. The van der Waals surface area contributed by atoms with Gasteiger partial charge in [-0.3, -0.25) is 9.59 Å². The van der Waals surface area contributed by atoms with Crippen LogP contribution in [-0.4, -0.2) is 47.4 Å². The molecule has 3 N–H and O–H groups in total. The normalized spacial score (nSPS) is 12.5. The summed E-state index contributed by atoms with van der Waals surface area (Å²) in [6, 6.07) is -0.549. The molecule has 0 aliphatic rings. The Morgan fingerprint density at radius 2 is 0.577 bits per heavy atom. The molecule has 0 bridgehead atoms. The molecule has 1 amide bonds. The smallest absolute Gasteiger partial charge is 0.305 e. The number of nitrogens with one attached hydrogen (secondary N) is 1. The number of hydrogen-bond donors (Lipinski definition) is 3. The number of carbonyl (C=O) groups is 2. The molecule has 0 rings (SSSR count). The Hall–Kier alpha value is -1.14. The molecule has 0 aromatic heterocycles. The lowest BCUT2D eigenvalue weighted by atomic mass is 10.0. The maximum atomic E-state index is 12.5. The molecule has 0 aliphatic heterocycles. The third-order valence-electron chi connectivity index (χ3n) is 15.7. The van der Waals surface area contributed by atoms with Crippen LogP contribution in [0.15, 0.2) is 0 Å². The van der Waals surface area contributed by atoms with E-state index in [1.54, 1.807) is 0 Å². The zero-order chi connectivity index (χ0) is 51.4. The van der Waals surface area contributed by atoms with Gasteiger partial charge in [0.2, 0.25) is 5.91 Å². The molecular formula is C65H129NO5. The van der Waals surface area contributed by atoms with Gasteiger partial charge in [-0.05, 0) is 25.7 Å². The topological polar surface area (TPSA) is 95.9 Å². The van der Waals surface area contributed by atoms with E-state index < -0.39 is 12.1 Å². The predicted octanol–water partition coefficient (Wildman–Crippen LogP) is 20.6. The van der Waals surface area contributed by atoms with Gasteiger partial charge in [0.25, 0.3) is 0 Å². The average Bonchev–Trinajstić information content (AvgIpc) is 3.37. The Labute approximate surface area is 445 Å². The molecule has 0 heterocycles. The molecule has 0 radical (unpaired) electrons. The summed E-state index contributed by atoms with van der Waals surface area (Å²) in [7, 11) is 0. The molecule has 424 valence electrons. The molecule has 0 aromatic rings. The first-order valence-electron chi connectivity index (χ1n) is 32.8. The van der Waals surface area contributed by atoms with E-state index in [0.29, 0.717) is 25.9 Å². The lowest BCUT2D eigenvalue weighted by molar-refractivity contribution is -0.143. The highest BCUT2D eigenvalue weighted by molar-refractivity contribution is 5.76. The molecule has 2 atom stereocenters. The lowest BCUT2D eigenvalue weighted by Gasteiger charge is -2.22. The van der Waals surface area contributed by atoms with Crippen molar-refractivity contribution >= 4 is 11.9 Å². The van der Waals surface area contributed by atoms with Crippen LogP contribution in [-0.2, 0) is 14.3 Å². The fraction of sp³-hybridized carbons (Fsp3) is 0.969. The van der Waals surface area contributed by atoms with E-state index in [1.807, 2.05) is 0 Å². The zero-order valence-corrected chi connectivity index (χ0v) is 48.5. The van der Waals surface area contributed by atoms with E-state index in [2.05, 4.69) is 19.2 Å². The van der Waals surface area contributed by atoms with Crippen LogP contribution in [0.2, 0.25) is 0 Å². The van der Waals surface area contributed by atoms with Crippen molar-refractivity contribution in [3.63, 3.8) is 0 Å². The highest BCUT2D eigenvalue weighted by Crippen LogP contribution is 2.19.